The monoisotopic (exact) mass is 499 g/mol. The van der Waals surface area contributed by atoms with Gasteiger partial charge in [-0.1, -0.05) is 18.6 Å². The fourth-order valence-corrected chi connectivity index (χ4v) is 4.62. The maximum atomic E-state index is 12.5. The van der Waals surface area contributed by atoms with Gasteiger partial charge in [0.05, 0.1) is 5.69 Å². The van der Waals surface area contributed by atoms with E-state index < -0.39 is 0 Å². The van der Waals surface area contributed by atoms with E-state index >= 15 is 0 Å². The molecule has 9 nitrogen and oxygen atoms in total. The first-order valence-corrected chi connectivity index (χ1v) is 13.0. The molecule has 9 heteroatoms. The smallest absolute Gasteiger partial charge is 0.319 e. The van der Waals surface area contributed by atoms with E-state index in [1.807, 2.05) is 54.3 Å². The number of carbonyl (C=O) groups excluding carboxylic acids is 2. The van der Waals surface area contributed by atoms with Crippen molar-refractivity contribution in [3.05, 3.63) is 60.8 Å². The average molecular weight is 500 g/mol. The number of anilines is 4. The van der Waals surface area contributed by atoms with Crippen LogP contribution in [0.4, 0.5) is 27.8 Å². The van der Waals surface area contributed by atoms with Gasteiger partial charge in [0.25, 0.3) is 0 Å². The molecule has 2 aliphatic rings. The number of amides is 3. The fourth-order valence-electron chi connectivity index (χ4n) is 4.62. The van der Waals surface area contributed by atoms with Crippen molar-refractivity contribution in [1.29, 1.82) is 0 Å². The van der Waals surface area contributed by atoms with Gasteiger partial charge in [0.15, 0.2) is 0 Å². The van der Waals surface area contributed by atoms with Crippen LogP contribution in [-0.2, 0) is 4.79 Å². The maximum Gasteiger partial charge on any atom is 0.319 e. The minimum absolute atomic E-state index is 0.226. The van der Waals surface area contributed by atoms with Gasteiger partial charge >= 0.3 is 6.03 Å². The molecule has 0 unspecified atom stereocenters. The van der Waals surface area contributed by atoms with Gasteiger partial charge in [-0.25, -0.2) is 14.8 Å². The third kappa shape index (κ3) is 5.99. The quantitative estimate of drug-likeness (QED) is 0.443. The van der Waals surface area contributed by atoms with E-state index in [2.05, 4.69) is 43.0 Å². The number of benzene rings is 2. The van der Waals surface area contributed by atoms with Gasteiger partial charge in [0, 0.05) is 67.5 Å². The summed E-state index contributed by atoms with van der Waals surface area (Å²) in [6, 6.07) is 17.4. The van der Waals surface area contributed by atoms with Gasteiger partial charge in [0.2, 0.25) is 11.9 Å². The summed E-state index contributed by atoms with van der Waals surface area (Å²) in [4.78, 5) is 37.6. The van der Waals surface area contributed by atoms with Crippen molar-refractivity contribution >= 4 is 34.9 Å². The molecule has 1 saturated heterocycles. The van der Waals surface area contributed by atoms with E-state index in [-0.39, 0.29) is 11.9 Å². The lowest BCUT2D eigenvalue weighted by atomic mass is 9.84. The number of nitrogens with one attached hydrogen (secondary N) is 3. The highest BCUT2D eigenvalue weighted by atomic mass is 16.2. The van der Waals surface area contributed by atoms with Crippen LogP contribution in [0.15, 0.2) is 60.8 Å². The van der Waals surface area contributed by atoms with Crippen molar-refractivity contribution in [3.8, 4) is 11.3 Å². The zero-order valence-electron chi connectivity index (χ0n) is 21.1. The normalized spacial score (nSPS) is 15.6. The van der Waals surface area contributed by atoms with Gasteiger partial charge in [-0.05, 0) is 62.2 Å². The Balaban J connectivity index is 1.17. The van der Waals surface area contributed by atoms with E-state index in [0.717, 1.165) is 61.7 Å². The first-order valence-electron chi connectivity index (χ1n) is 13.0. The molecule has 1 aliphatic carbocycles. The van der Waals surface area contributed by atoms with E-state index in [4.69, 9.17) is 0 Å². The van der Waals surface area contributed by atoms with Crippen LogP contribution in [-0.4, -0.2) is 59.5 Å². The lowest BCUT2D eigenvalue weighted by Gasteiger charge is -2.39. The molecule has 37 heavy (non-hydrogen) atoms. The van der Waals surface area contributed by atoms with Crippen LogP contribution < -0.4 is 20.9 Å². The molecule has 1 aliphatic heterocycles. The number of hydrogen-bond donors (Lipinski definition) is 3. The summed E-state index contributed by atoms with van der Waals surface area (Å²) >= 11 is 0. The molecular weight excluding hydrogens is 466 g/mol. The number of urea groups is 1. The largest absolute Gasteiger partial charge is 0.368 e. The molecule has 3 aromatic rings. The van der Waals surface area contributed by atoms with E-state index in [1.54, 1.807) is 6.20 Å². The van der Waals surface area contributed by atoms with Crippen LogP contribution in [0.5, 0.6) is 0 Å². The van der Waals surface area contributed by atoms with Crippen LogP contribution in [0, 0.1) is 5.92 Å². The zero-order chi connectivity index (χ0) is 25.6. The van der Waals surface area contributed by atoms with Gasteiger partial charge < -0.3 is 25.8 Å². The van der Waals surface area contributed by atoms with Crippen LogP contribution in [0.3, 0.4) is 0 Å². The lowest BCUT2D eigenvalue weighted by Crippen LogP contribution is -2.51. The summed E-state index contributed by atoms with van der Waals surface area (Å²) in [5, 5.41) is 8.79. The van der Waals surface area contributed by atoms with Gasteiger partial charge in [0.1, 0.15) is 0 Å². The molecule has 0 bridgehead atoms. The second kappa shape index (κ2) is 11.3. The van der Waals surface area contributed by atoms with Crippen LogP contribution >= 0.6 is 0 Å². The van der Waals surface area contributed by atoms with Gasteiger partial charge in [-0.2, -0.15) is 0 Å². The third-order valence-electron chi connectivity index (χ3n) is 6.97. The number of hydrogen-bond acceptors (Lipinski definition) is 6. The predicted octanol–water partition coefficient (Wildman–Crippen LogP) is 4.48. The Bertz CT molecular complexity index is 1220. The molecule has 3 amide bonds. The van der Waals surface area contributed by atoms with Crippen molar-refractivity contribution in [2.24, 2.45) is 5.92 Å². The Morgan fingerprint density at radius 3 is 2.27 bits per heavy atom. The Labute approximate surface area is 217 Å². The highest BCUT2D eigenvalue weighted by Crippen LogP contribution is 2.29. The molecule has 1 aromatic heterocycles. The number of aromatic nitrogens is 2. The van der Waals surface area contributed by atoms with E-state index in [1.165, 1.54) is 6.42 Å². The zero-order valence-corrected chi connectivity index (χ0v) is 21.1. The minimum Gasteiger partial charge on any atom is -0.368 e. The first kappa shape index (κ1) is 24.5. The Morgan fingerprint density at radius 1 is 0.919 bits per heavy atom. The summed E-state index contributed by atoms with van der Waals surface area (Å²) in [7, 11) is 0. The second-order valence-corrected chi connectivity index (χ2v) is 9.44. The van der Waals surface area contributed by atoms with Crippen LogP contribution in [0.1, 0.15) is 26.2 Å². The number of nitrogens with zero attached hydrogens (tertiary/aromatic N) is 4. The SMILES string of the molecule is CCNC(=O)Nc1ccc(-c2ccnc(Nc3ccc(N4CCN(C(=O)C5CCC5)CC4)cc3)n2)cc1. The van der Waals surface area contributed by atoms with Gasteiger partial charge in [-0.3, -0.25) is 4.79 Å². The molecule has 192 valence electrons. The average Bonchev–Trinajstić information content (AvgIpc) is 2.89. The topological polar surface area (TPSA) is 102 Å². The van der Waals surface area contributed by atoms with E-state index in [0.29, 0.717) is 24.1 Å². The number of carbonyl (C=O) groups is 2. The van der Waals surface area contributed by atoms with Gasteiger partial charge in [-0.15, -0.1) is 0 Å². The summed E-state index contributed by atoms with van der Waals surface area (Å²) < 4.78 is 0. The third-order valence-corrected chi connectivity index (χ3v) is 6.97. The lowest BCUT2D eigenvalue weighted by molar-refractivity contribution is -0.138. The Morgan fingerprint density at radius 2 is 1.62 bits per heavy atom. The van der Waals surface area contributed by atoms with Crippen molar-refractivity contribution in [3.63, 3.8) is 0 Å². The Kier molecular flexibility index (Phi) is 7.49. The first-order chi connectivity index (χ1) is 18.1. The van der Waals surface area contributed by atoms with Crippen molar-refractivity contribution in [2.75, 3.05) is 48.3 Å². The van der Waals surface area contributed by atoms with Crippen LogP contribution in [0.25, 0.3) is 11.3 Å². The molecule has 0 radical (unpaired) electrons. The van der Waals surface area contributed by atoms with Crippen LogP contribution in [0.2, 0.25) is 0 Å². The highest BCUT2D eigenvalue weighted by Gasteiger charge is 2.31. The fraction of sp³-hybridized carbons (Fsp3) is 0.357. The number of rotatable bonds is 7. The molecule has 2 fully saturated rings. The maximum absolute atomic E-state index is 12.5. The summed E-state index contributed by atoms with van der Waals surface area (Å²) in [5.74, 6) is 1.13. The standard InChI is InChI=1S/C28H33N7O2/c1-2-29-28(37)32-23-8-6-20(7-9-23)25-14-15-30-27(33-25)31-22-10-12-24(13-11-22)34-16-18-35(19-17-34)26(36)21-4-3-5-21/h6-15,21H,2-5,16-19H2,1H3,(H2,29,32,37)(H,30,31,33). The highest BCUT2D eigenvalue weighted by molar-refractivity contribution is 5.89. The van der Waals surface area contributed by atoms with Crippen molar-refractivity contribution < 1.29 is 9.59 Å². The predicted molar refractivity (Wildman–Crippen MR) is 146 cm³/mol. The molecule has 2 aromatic carbocycles. The minimum atomic E-state index is -0.226. The molecule has 0 atom stereocenters. The second-order valence-electron chi connectivity index (χ2n) is 9.44. The van der Waals surface area contributed by atoms with Crippen molar-refractivity contribution in [1.82, 2.24) is 20.2 Å². The molecule has 1 saturated carbocycles. The molecule has 3 N–H and O–H groups in total. The van der Waals surface area contributed by atoms with Crippen molar-refractivity contribution in [2.45, 2.75) is 26.2 Å². The number of piperazine rings is 1. The molecule has 2 heterocycles. The summed E-state index contributed by atoms with van der Waals surface area (Å²) in [6.45, 7) is 5.74. The summed E-state index contributed by atoms with van der Waals surface area (Å²) in [6.07, 6.45) is 5.04. The molecule has 0 spiro atoms. The molecule has 5 rings (SSSR count). The molecular formula is C28H33N7O2. The summed E-state index contributed by atoms with van der Waals surface area (Å²) in [5.41, 5.74) is 4.48. The van der Waals surface area contributed by atoms with E-state index in [9.17, 15) is 9.59 Å². The Hall–Kier alpha value is -4.14.